The van der Waals surface area contributed by atoms with Crippen LogP contribution in [0.5, 0.6) is 5.75 Å². The van der Waals surface area contributed by atoms with Crippen LogP contribution in [-0.2, 0) is 12.6 Å². The monoisotopic (exact) mass is 367 g/mol. The van der Waals surface area contributed by atoms with Crippen LogP contribution in [0.15, 0.2) is 30.6 Å². The second kappa shape index (κ2) is 6.40. The summed E-state index contributed by atoms with van der Waals surface area (Å²) < 4.78 is 59.0. The number of benzene rings is 1. The normalized spacial score (nSPS) is 11.8. The molecule has 136 valence electrons. The number of methoxy groups -OCH3 is 1. The van der Waals surface area contributed by atoms with Crippen molar-refractivity contribution >= 4 is 11.6 Å². The largest absolute Gasteiger partial charge is 0.496 e. The first-order valence-corrected chi connectivity index (χ1v) is 7.58. The van der Waals surface area contributed by atoms with Crippen molar-refractivity contribution in [3.8, 4) is 5.75 Å². The number of aromatic nitrogens is 3. The lowest BCUT2D eigenvalue weighted by atomic mass is 10.0. The molecule has 0 N–H and O–H groups in total. The summed E-state index contributed by atoms with van der Waals surface area (Å²) in [5.74, 6) is -1.71. The van der Waals surface area contributed by atoms with Crippen LogP contribution in [0.25, 0.3) is 5.78 Å². The van der Waals surface area contributed by atoms with Gasteiger partial charge < -0.3 is 4.74 Å². The highest BCUT2D eigenvalue weighted by Crippen LogP contribution is 2.37. The number of alkyl halides is 3. The van der Waals surface area contributed by atoms with Crippen LogP contribution in [0.2, 0.25) is 0 Å². The minimum atomic E-state index is -4.69. The maximum absolute atomic E-state index is 13.5. The van der Waals surface area contributed by atoms with Gasteiger partial charge in [0.2, 0.25) is 11.6 Å². The average molecular weight is 367 g/mol. The van der Waals surface area contributed by atoms with Gasteiger partial charge in [-0.2, -0.15) is 13.2 Å². The number of aryl methyl sites for hydroxylation is 1. The highest BCUT2D eigenvalue weighted by Gasteiger charge is 2.35. The average Bonchev–Trinajstić information content (AvgIpc) is 2.97. The summed E-state index contributed by atoms with van der Waals surface area (Å²) in [6.45, 7) is 1.73. The van der Waals surface area contributed by atoms with Gasteiger partial charge >= 0.3 is 6.18 Å². The molecule has 2 heterocycles. The molecule has 0 atom stereocenters. The van der Waals surface area contributed by atoms with Gasteiger partial charge in [0.05, 0.1) is 30.8 Å². The molecule has 0 amide bonds. The molecule has 0 spiro atoms. The number of hydrogen-bond donors (Lipinski definition) is 0. The summed E-state index contributed by atoms with van der Waals surface area (Å²) in [5, 5.41) is 0. The van der Waals surface area contributed by atoms with Crippen LogP contribution in [-0.4, -0.2) is 27.3 Å². The summed E-state index contributed by atoms with van der Waals surface area (Å²) in [6, 6.07) is 3.01. The van der Waals surface area contributed by atoms with Crippen molar-refractivity contribution < 1.29 is 27.1 Å². The van der Waals surface area contributed by atoms with E-state index in [2.05, 4.69) is 9.97 Å². The molecule has 3 aromatic rings. The number of halogens is 4. The smallest absolute Gasteiger partial charge is 0.419 e. The van der Waals surface area contributed by atoms with E-state index >= 15 is 0 Å². The minimum absolute atomic E-state index is 0.0206. The van der Waals surface area contributed by atoms with Crippen molar-refractivity contribution in [2.75, 3.05) is 7.11 Å². The Morgan fingerprint density at radius 1 is 1.31 bits per heavy atom. The number of imidazole rings is 1. The fraction of sp³-hybridized carbons (Fsp3) is 0.235. The fourth-order valence-corrected chi connectivity index (χ4v) is 2.65. The second-order valence-electron chi connectivity index (χ2n) is 5.44. The molecule has 9 heteroatoms. The lowest BCUT2D eigenvalue weighted by Crippen LogP contribution is -2.12. The summed E-state index contributed by atoms with van der Waals surface area (Å²) in [6.07, 6.45) is -2.39. The quantitative estimate of drug-likeness (QED) is 0.521. The van der Waals surface area contributed by atoms with Crippen molar-refractivity contribution in [2.45, 2.75) is 19.5 Å². The molecule has 0 fully saturated rings. The Morgan fingerprint density at radius 2 is 2.04 bits per heavy atom. The molecule has 5 nitrogen and oxygen atoms in total. The van der Waals surface area contributed by atoms with Crippen molar-refractivity contribution in [3.05, 3.63) is 58.9 Å². The van der Waals surface area contributed by atoms with Crippen molar-refractivity contribution in [1.82, 2.24) is 14.4 Å². The lowest BCUT2D eigenvalue weighted by Gasteiger charge is -2.13. The Morgan fingerprint density at radius 3 is 2.65 bits per heavy atom. The van der Waals surface area contributed by atoms with E-state index in [1.165, 1.54) is 6.07 Å². The summed E-state index contributed by atoms with van der Waals surface area (Å²) in [7, 11) is 1.11. The summed E-state index contributed by atoms with van der Waals surface area (Å²) in [4.78, 5) is 20.8. The molecule has 1 aromatic carbocycles. The Kier molecular flexibility index (Phi) is 4.39. The van der Waals surface area contributed by atoms with Gasteiger partial charge in [0.25, 0.3) is 0 Å². The van der Waals surface area contributed by atoms with Crippen molar-refractivity contribution in [1.29, 1.82) is 0 Å². The molecule has 0 aliphatic heterocycles. The molecule has 0 unspecified atom stereocenters. The predicted octanol–water partition coefficient (Wildman–Crippen LogP) is 3.69. The topological polar surface area (TPSA) is 56.5 Å². The van der Waals surface area contributed by atoms with Crippen LogP contribution in [0.4, 0.5) is 17.6 Å². The van der Waals surface area contributed by atoms with Gasteiger partial charge in [-0.25, -0.2) is 14.4 Å². The molecule has 0 aliphatic rings. The SMILES string of the molecule is CCc1nc2ncc(F)cn2c1C(=O)c1ccc(OC)c(C(F)(F)F)c1. The zero-order chi connectivity index (χ0) is 19.1. The number of fused-ring (bicyclic) bond motifs is 1. The third kappa shape index (κ3) is 3.00. The Labute approximate surface area is 145 Å². The lowest BCUT2D eigenvalue weighted by molar-refractivity contribution is -0.138. The molecular formula is C17H13F4N3O2. The summed E-state index contributed by atoms with van der Waals surface area (Å²) >= 11 is 0. The second-order valence-corrected chi connectivity index (χ2v) is 5.44. The molecule has 0 saturated heterocycles. The highest BCUT2D eigenvalue weighted by atomic mass is 19.4. The Bertz CT molecular complexity index is 996. The van der Waals surface area contributed by atoms with Gasteiger partial charge in [-0.1, -0.05) is 6.92 Å². The first-order valence-electron chi connectivity index (χ1n) is 7.58. The standard InChI is InChI=1S/C17H13F4N3O2/c1-3-12-14(24-8-10(18)7-22-16(24)23-12)15(25)9-4-5-13(26-2)11(6-9)17(19,20)21/h4-8H,3H2,1-2H3. The number of nitrogens with zero attached hydrogens (tertiary/aromatic N) is 3. The maximum Gasteiger partial charge on any atom is 0.419 e. The zero-order valence-electron chi connectivity index (χ0n) is 13.8. The van der Waals surface area contributed by atoms with Gasteiger partial charge in [0.1, 0.15) is 11.4 Å². The first-order chi connectivity index (χ1) is 12.3. The number of hydrogen-bond acceptors (Lipinski definition) is 4. The third-order valence-electron chi connectivity index (χ3n) is 3.84. The molecule has 0 bridgehead atoms. The van der Waals surface area contributed by atoms with Crippen molar-refractivity contribution in [3.63, 3.8) is 0 Å². The maximum atomic E-state index is 13.5. The van der Waals surface area contributed by atoms with E-state index in [1.54, 1.807) is 6.92 Å². The van der Waals surface area contributed by atoms with Crippen LogP contribution >= 0.6 is 0 Å². The molecule has 3 rings (SSSR count). The molecule has 0 radical (unpaired) electrons. The number of carbonyl (C=O) groups is 1. The van der Waals surface area contributed by atoms with E-state index in [1.807, 2.05) is 0 Å². The van der Waals surface area contributed by atoms with Crippen LogP contribution in [0.3, 0.4) is 0 Å². The number of carbonyl (C=O) groups excluding carboxylic acids is 1. The summed E-state index contributed by atoms with van der Waals surface area (Å²) in [5.41, 5.74) is -0.980. The zero-order valence-corrected chi connectivity index (χ0v) is 13.8. The Hall–Kier alpha value is -2.97. The van der Waals surface area contributed by atoms with E-state index in [0.717, 1.165) is 30.0 Å². The Balaban J connectivity index is 2.19. The van der Waals surface area contributed by atoms with Crippen LogP contribution in [0.1, 0.15) is 34.2 Å². The van der Waals surface area contributed by atoms with Gasteiger partial charge in [0, 0.05) is 5.56 Å². The molecule has 0 aliphatic carbocycles. The first kappa shape index (κ1) is 17.8. The van der Waals surface area contributed by atoms with Gasteiger partial charge in [-0.15, -0.1) is 0 Å². The van der Waals surface area contributed by atoms with Crippen molar-refractivity contribution in [2.24, 2.45) is 0 Å². The number of ether oxygens (including phenoxy) is 1. The molecule has 26 heavy (non-hydrogen) atoms. The van der Waals surface area contributed by atoms with E-state index in [0.29, 0.717) is 18.2 Å². The fourth-order valence-electron chi connectivity index (χ4n) is 2.65. The van der Waals surface area contributed by atoms with Gasteiger partial charge in [-0.3, -0.25) is 9.20 Å². The third-order valence-corrected chi connectivity index (χ3v) is 3.84. The predicted molar refractivity (Wildman–Crippen MR) is 83.8 cm³/mol. The van der Waals surface area contributed by atoms with Gasteiger partial charge in [-0.05, 0) is 24.6 Å². The van der Waals surface area contributed by atoms with E-state index in [-0.39, 0.29) is 17.0 Å². The van der Waals surface area contributed by atoms with Crippen LogP contribution < -0.4 is 4.74 Å². The molecule has 2 aromatic heterocycles. The highest BCUT2D eigenvalue weighted by molar-refractivity contribution is 6.09. The number of rotatable bonds is 4. The number of ketones is 1. The van der Waals surface area contributed by atoms with Gasteiger partial charge in [0.15, 0.2) is 5.82 Å². The molecule has 0 saturated carbocycles. The molecular weight excluding hydrogens is 354 g/mol. The van der Waals surface area contributed by atoms with Crippen LogP contribution in [0, 0.1) is 5.82 Å². The van der Waals surface area contributed by atoms with E-state index < -0.39 is 29.1 Å². The minimum Gasteiger partial charge on any atom is -0.496 e. The van der Waals surface area contributed by atoms with E-state index in [4.69, 9.17) is 4.74 Å². The van der Waals surface area contributed by atoms with E-state index in [9.17, 15) is 22.4 Å².